The summed E-state index contributed by atoms with van der Waals surface area (Å²) in [5.74, 6) is 0.520. The van der Waals surface area contributed by atoms with Crippen molar-refractivity contribution in [1.29, 1.82) is 0 Å². The Balaban J connectivity index is 1.24. The first-order valence-electron chi connectivity index (χ1n) is 9.93. The molecular formula is C20H30N4O. The number of amides is 1. The van der Waals surface area contributed by atoms with Gasteiger partial charge in [-0.15, -0.1) is 0 Å². The highest BCUT2D eigenvalue weighted by molar-refractivity contribution is 5.79. The Bertz CT molecular complexity index is 566. The van der Waals surface area contributed by atoms with Crippen molar-refractivity contribution >= 4 is 5.91 Å². The quantitative estimate of drug-likeness (QED) is 0.890. The van der Waals surface area contributed by atoms with Crippen molar-refractivity contribution in [2.24, 2.45) is 5.92 Å². The third-order valence-electron chi connectivity index (χ3n) is 5.98. The number of aromatic nitrogens is 1. The van der Waals surface area contributed by atoms with E-state index in [0.29, 0.717) is 18.0 Å². The van der Waals surface area contributed by atoms with Crippen LogP contribution in [-0.4, -0.2) is 59.0 Å². The Morgan fingerprint density at radius 2 is 1.84 bits per heavy atom. The molecule has 1 atom stereocenters. The summed E-state index contributed by atoms with van der Waals surface area (Å²) in [6.07, 6.45) is 10.8. The van der Waals surface area contributed by atoms with Crippen molar-refractivity contribution in [3.05, 3.63) is 30.1 Å². The largest absolute Gasteiger partial charge is 0.353 e. The van der Waals surface area contributed by atoms with Crippen LogP contribution in [-0.2, 0) is 11.3 Å². The van der Waals surface area contributed by atoms with Crippen LogP contribution in [0.1, 0.15) is 44.1 Å². The number of nitrogens with one attached hydrogen (secondary N) is 1. The number of carbonyl (C=O) groups is 1. The van der Waals surface area contributed by atoms with Crippen LogP contribution in [0.4, 0.5) is 0 Å². The minimum Gasteiger partial charge on any atom is -0.353 e. The van der Waals surface area contributed by atoms with E-state index in [1.165, 1.54) is 44.2 Å². The summed E-state index contributed by atoms with van der Waals surface area (Å²) in [7, 11) is 0. The first kappa shape index (κ1) is 17.0. The molecule has 3 fully saturated rings. The molecule has 1 unspecified atom stereocenters. The van der Waals surface area contributed by atoms with Gasteiger partial charge in [0, 0.05) is 37.6 Å². The van der Waals surface area contributed by atoms with Gasteiger partial charge >= 0.3 is 0 Å². The molecule has 136 valence electrons. The van der Waals surface area contributed by atoms with Gasteiger partial charge in [-0.05, 0) is 75.9 Å². The highest BCUT2D eigenvalue weighted by Crippen LogP contribution is 2.26. The molecule has 0 bridgehead atoms. The Morgan fingerprint density at radius 1 is 1.08 bits per heavy atom. The summed E-state index contributed by atoms with van der Waals surface area (Å²) in [5.41, 5.74) is 1.35. The van der Waals surface area contributed by atoms with Gasteiger partial charge in [-0.3, -0.25) is 19.6 Å². The molecule has 2 aliphatic heterocycles. The third kappa shape index (κ3) is 4.59. The third-order valence-corrected chi connectivity index (χ3v) is 5.98. The predicted octanol–water partition coefficient (Wildman–Crippen LogP) is 2.04. The van der Waals surface area contributed by atoms with Gasteiger partial charge in [-0.1, -0.05) is 0 Å². The number of piperidine rings is 2. The lowest BCUT2D eigenvalue weighted by Crippen LogP contribution is -2.50. The van der Waals surface area contributed by atoms with Crippen molar-refractivity contribution < 1.29 is 4.79 Å². The van der Waals surface area contributed by atoms with Crippen LogP contribution < -0.4 is 5.32 Å². The molecule has 1 saturated carbocycles. The number of hydrogen-bond donors (Lipinski definition) is 1. The molecule has 25 heavy (non-hydrogen) atoms. The maximum absolute atomic E-state index is 12.4. The minimum atomic E-state index is 0.212. The second-order valence-electron chi connectivity index (χ2n) is 7.98. The Morgan fingerprint density at radius 3 is 2.56 bits per heavy atom. The summed E-state index contributed by atoms with van der Waals surface area (Å²) in [6, 6.07) is 5.36. The fraction of sp³-hybridized carbons (Fsp3) is 0.700. The second-order valence-corrected chi connectivity index (χ2v) is 7.98. The lowest BCUT2D eigenvalue weighted by Gasteiger charge is -2.42. The average molecular weight is 342 g/mol. The van der Waals surface area contributed by atoms with E-state index in [0.717, 1.165) is 32.6 Å². The smallest absolute Gasteiger partial charge is 0.224 e. The van der Waals surface area contributed by atoms with Gasteiger partial charge in [0.1, 0.15) is 0 Å². The van der Waals surface area contributed by atoms with Gasteiger partial charge in [0.05, 0.1) is 5.92 Å². The van der Waals surface area contributed by atoms with Crippen molar-refractivity contribution in [2.45, 2.75) is 57.2 Å². The van der Waals surface area contributed by atoms with E-state index in [-0.39, 0.29) is 5.92 Å². The molecule has 0 radical (unpaired) electrons. The van der Waals surface area contributed by atoms with E-state index in [1.54, 1.807) is 0 Å². The zero-order valence-corrected chi connectivity index (χ0v) is 15.1. The van der Waals surface area contributed by atoms with Crippen molar-refractivity contribution in [3.63, 3.8) is 0 Å². The SMILES string of the molecule is O=C(NC1CC1)C1CCCN(C2CCN(Cc3ccncc3)CC2)C1. The summed E-state index contributed by atoms with van der Waals surface area (Å²) >= 11 is 0. The number of pyridine rings is 1. The summed E-state index contributed by atoms with van der Waals surface area (Å²) in [6.45, 7) is 5.47. The van der Waals surface area contributed by atoms with Gasteiger partial charge in [-0.25, -0.2) is 0 Å². The van der Waals surface area contributed by atoms with Crippen molar-refractivity contribution in [1.82, 2.24) is 20.1 Å². The molecule has 3 aliphatic rings. The van der Waals surface area contributed by atoms with Crippen LogP contribution in [0.3, 0.4) is 0 Å². The lowest BCUT2D eigenvalue weighted by atomic mass is 9.93. The standard InChI is InChI=1S/C20H30N4O/c25-20(22-18-3-4-18)17-2-1-11-24(15-17)19-7-12-23(13-8-19)14-16-5-9-21-10-6-16/h5-6,9-10,17-19H,1-4,7-8,11-15H2,(H,22,25). The molecule has 4 rings (SSSR count). The molecule has 3 heterocycles. The van der Waals surface area contributed by atoms with Gasteiger partial charge < -0.3 is 5.32 Å². The van der Waals surface area contributed by atoms with Gasteiger partial charge in [0.25, 0.3) is 0 Å². The van der Waals surface area contributed by atoms with Crippen LogP contribution in [0.25, 0.3) is 0 Å². The first-order chi connectivity index (χ1) is 12.3. The van der Waals surface area contributed by atoms with E-state index in [9.17, 15) is 4.79 Å². The molecule has 1 N–H and O–H groups in total. The molecule has 1 aromatic rings. The highest BCUT2D eigenvalue weighted by Gasteiger charge is 2.33. The van der Waals surface area contributed by atoms with Crippen LogP contribution in [0.15, 0.2) is 24.5 Å². The number of likely N-dealkylation sites (tertiary alicyclic amines) is 2. The summed E-state index contributed by atoms with van der Waals surface area (Å²) in [5, 5.41) is 3.20. The molecule has 5 heteroatoms. The molecule has 1 aromatic heterocycles. The van der Waals surface area contributed by atoms with Crippen LogP contribution in [0.5, 0.6) is 0 Å². The molecular weight excluding hydrogens is 312 g/mol. The number of nitrogens with zero attached hydrogens (tertiary/aromatic N) is 3. The summed E-state index contributed by atoms with van der Waals surface area (Å²) in [4.78, 5) is 21.6. The van der Waals surface area contributed by atoms with Crippen LogP contribution >= 0.6 is 0 Å². The molecule has 2 saturated heterocycles. The van der Waals surface area contributed by atoms with Crippen molar-refractivity contribution in [3.8, 4) is 0 Å². The zero-order valence-electron chi connectivity index (χ0n) is 15.1. The fourth-order valence-electron chi connectivity index (χ4n) is 4.29. The number of rotatable bonds is 5. The average Bonchev–Trinajstić information content (AvgIpc) is 3.47. The molecule has 0 aromatic carbocycles. The van der Waals surface area contributed by atoms with E-state index in [1.807, 2.05) is 12.4 Å². The highest BCUT2D eigenvalue weighted by atomic mass is 16.2. The van der Waals surface area contributed by atoms with Gasteiger partial charge in [0.2, 0.25) is 5.91 Å². The predicted molar refractivity (Wildman–Crippen MR) is 98.0 cm³/mol. The summed E-state index contributed by atoms with van der Waals surface area (Å²) < 4.78 is 0. The topological polar surface area (TPSA) is 48.5 Å². The van der Waals surface area contributed by atoms with Crippen LogP contribution in [0, 0.1) is 5.92 Å². The normalized spacial score (nSPS) is 26.5. The van der Waals surface area contributed by atoms with E-state index < -0.39 is 0 Å². The lowest BCUT2D eigenvalue weighted by molar-refractivity contribution is -0.127. The number of hydrogen-bond acceptors (Lipinski definition) is 4. The van der Waals surface area contributed by atoms with E-state index in [2.05, 4.69) is 32.2 Å². The monoisotopic (exact) mass is 342 g/mol. The van der Waals surface area contributed by atoms with E-state index in [4.69, 9.17) is 0 Å². The first-order valence-corrected chi connectivity index (χ1v) is 9.93. The molecule has 0 spiro atoms. The zero-order chi connectivity index (χ0) is 17.1. The second kappa shape index (κ2) is 7.83. The molecule has 1 amide bonds. The Hall–Kier alpha value is -1.46. The maximum atomic E-state index is 12.4. The minimum absolute atomic E-state index is 0.212. The fourth-order valence-corrected chi connectivity index (χ4v) is 4.29. The molecule has 1 aliphatic carbocycles. The van der Waals surface area contributed by atoms with Gasteiger partial charge in [0.15, 0.2) is 0 Å². The molecule has 5 nitrogen and oxygen atoms in total. The Labute approximate surface area is 150 Å². The van der Waals surface area contributed by atoms with Gasteiger partial charge in [-0.2, -0.15) is 0 Å². The van der Waals surface area contributed by atoms with Crippen molar-refractivity contribution in [2.75, 3.05) is 26.2 Å². The number of carbonyl (C=O) groups excluding carboxylic acids is 1. The van der Waals surface area contributed by atoms with Crippen LogP contribution in [0.2, 0.25) is 0 Å². The Kier molecular flexibility index (Phi) is 5.32. The van der Waals surface area contributed by atoms with E-state index >= 15 is 0 Å². The maximum Gasteiger partial charge on any atom is 0.224 e.